The van der Waals surface area contributed by atoms with Gasteiger partial charge in [-0.1, -0.05) is 0 Å². The van der Waals surface area contributed by atoms with Crippen LogP contribution >= 0.6 is 11.8 Å². The minimum atomic E-state index is -0.796. The molecule has 0 N–H and O–H groups in total. The molecule has 3 nitrogen and oxygen atoms in total. The maximum atomic E-state index is 13.7. The second-order valence-corrected chi connectivity index (χ2v) is 4.94. The molecule has 19 heavy (non-hydrogen) atoms. The lowest BCUT2D eigenvalue weighted by Gasteiger charge is -2.06. The van der Waals surface area contributed by atoms with Crippen LogP contribution in [0.15, 0.2) is 28.3 Å². The van der Waals surface area contributed by atoms with Crippen molar-refractivity contribution in [2.24, 2.45) is 0 Å². The van der Waals surface area contributed by atoms with Crippen LogP contribution in [0.5, 0.6) is 0 Å². The average molecular weight is 280 g/mol. The highest BCUT2D eigenvalue weighted by Gasteiger charge is 2.14. The van der Waals surface area contributed by atoms with Crippen molar-refractivity contribution in [2.45, 2.75) is 23.9 Å². The number of aryl methyl sites for hydroxylation is 2. The Labute approximate surface area is 113 Å². The van der Waals surface area contributed by atoms with Gasteiger partial charge in [0.2, 0.25) is 0 Å². The summed E-state index contributed by atoms with van der Waals surface area (Å²) < 4.78 is 27.4. The van der Waals surface area contributed by atoms with Crippen LogP contribution in [0.25, 0.3) is 0 Å². The van der Waals surface area contributed by atoms with Crippen LogP contribution in [0.3, 0.4) is 0 Å². The number of benzene rings is 1. The van der Waals surface area contributed by atoms with E-state index >= 15 is 0 Å². The van der Waals surface area contributed by atoms with E-state index in [1.165, 1.54) is 0 Å². The molecular formula is C13H10F2N2OS. The molecule has 0 unspecified atom stereocenters. The maximum Gasteiger partial charge on any atom is 0.193 e. The van der Waals surface area contributed by atoms with Gasteiger partial charge in [0.1, 0.15) is 17.9 Å². The Morgan fingerprint density at radius 2 is 1.58 bits per heavy atom. The molecule has 0 radical (unpaired) electrons. The molecular weight excluding hydrogens is 270 g/mol. The van der Waals surface area contributed by atoms with Gasteiger partial charge < -0.3 is 0 Å². The van der Waals surface area contributed by atoms with Gasteiger partial charge in [-0.15, -0.1) is 0 Å². The van der Waals surface area contributed by atoms with Gasteiger partial charge in [0.05, 0.1) is 4.90 Å². The molecule has 0 saturated heterocycles. The molecule has 1 aromatic carbocycles. The zero-order valence-electron chi connectivity index (χ0n) is 10.3. The first kappa shape index (κ1) is 13.6. The van der Waals surface area contributed by atoms with Crippen molar-refractivity contribution in [3.63, 3.8) is 0 Å². The van der Waals surface area contributed by atoms with E-state index in [4.69, 9.17) is 0 Å². The number of aldehydes is 1. The van der Waals surface area contributed by atoms with Crippen molar-refractivity contribution in [3.05, 3.63) is 46.8 Å². The van der Waals surface area contributed by atoms with Crippen molar-refractivity contribution in [2.75, 3.05) is 0 Å². The third kappa shape index (κ3) is 3.14. The van der Waals surface area contributed by atoms with Crippen LogP contribution < -0.4 is 0 Å². The van der Waals surface area contributed by atoms with Gasteiger partial charge in [0.15, 0.2) is 5.16 Å². The van der Waals surface area contributed by atoms with E-state index in [0.717, 1.165) is 35.3 Å². The number of carbonyl (C=O) groups is 1. The summed E-state index contributed by atoms with van der Waals surface area (Å²) in [6.45, 7) is 3.56. The summed E-state index contributed by atoms with van der Waals surface area (Å²) >= 11 is 0.800. The van der Waals surface area contributed by atoms with Crippen molar-refractivity contribution in [1.82, 2.24) is 9.97 Å². The van der Waals surface area contributed by atoms with E-state index in [9.17, 15) is 13.6 Å². The fourth-order valence-corrected chi connectivity index (χ4v) is 2.45. The lowest BCUT2D eigenvalue weighted by molar-refractivity contribution is 0.112. The van der Waals surface area contributed by atoms with Crippen molar-refractivity contribution in [1.29, 1.82) is 0 Å². The minimum absolute atomic E-state index is 0.0410. The van der Waals surface area contributed by atoms with E-state index in [-0.39, 0.29) is 15.6 Å². The topological polar surface area (TPSA) is 42.9 Å². The number of rotatable bonds is 3. The molecule has 0 saturated carbocycles. The van der Waals surface area contributed by atoms with Crippen LogP contribution in [0.4, 0.5) is 8.78 Å². The van der Waals surface area contributed by atoms with Gasteiger partial charge in [0, 0.05) is 17.0 Å². The molecule has 0 aliphatic rings. The Kier molecular flexibility index (Phi) is 3.90. The molecule has 0 aliphatic heterocycles. The number of aromatic nitrogens is 2. The molecule has 0 bridgehead atoms. The Hall–Kier alpha value is -1.82. The quantitative estimate of drug-likeness (QED) is 0.639. The highest BCUT2D eigenvalue weighted by atomic mass is 32.2. The highest BCUT2D eigenvalue weighted by Crippen LogP contribution is 2.30. The summed E-state index contributed by atoms with van der Waals surface area (Å²) in [7, 11) is 0. The third-order valence-corrected chi connectivity index (χ3v) is 3.27. The first-order valence-corrected chi connectivity index (χ1v) is 6.25. The first-order valence-electron chi connectivity index (χ1n) is 5.44. The Bertz CT molecular complexity index is 603. The van der Waals surface area contributed by atoms with E-state index < -0.39 is 11.6 Å². The second-order valence-electron chi connectivity index (χ2n) is 3.97. The zero-order chi connectivity index (χ0) is 14.0. The third-order valence-electron chi connectivity index (χ3n) is 2.31. The predicted octanol–water partition coefficient (Wildman–Crippen LogP) is 3.34. The normalized spacial score (nSPS) is 10.5. The predicted molar refractivity (Wildman–Crippen MR) is 67.4 cm³/mol. The molecule has 0 amide bonds. The molecule has 98 valence electrons. The van der Waals surface area contributed by atoms with Crippen LogP contribution in [0, 0.1) is 25.5 Å². The number of halogens is 2. The first-order chi connectivity index (χ1) is 8.99. The minimum Gasteiger partial charge on any atom is -0.298 e. The maximum absolute atomic E-state index is 13.7. The van der Waals surface area contributed by atoms with Crippen LogP contribution in [0.1, 0.15) is 21.7 Å². The smallest absolute Gasteiger partial charge is 0.193 e. The molecule has 0 aliphatic carbocycles. The van der Waals surface area contributed by atoms with E-state index in [1.54, 1.807) is 19.9 Å². The Morgan fingerprint density at radius 3 is 2.05 bits per heavy atom. The standard InChI is InChI=1S/C13H10F2N2OS/c1-7-3-8(2)17-13(16-7)19-12-10(14)4-9(6-18)5-11(12)15/h3-6H,1-2H3. The summed E-state index contributed by atoms with van der Waals surface area (Å²) in [6.07, 6.45) is 0.397. The molecule has 0 fully saturated rings. The van der Waals surface area contributed by atoms with Gasteiger partial charge in [-0.05, 0) is 43.8 Å². The SMILES string of the molecule is Cc1cc(C)nc(Sc2c(F)cc(C=O)cc2F)n1. The van der Waals surface area contributed by atoms with Gasteiger partial charge in [-0.25, -0.2) is 18.7 Å². The lowest BCUT2D eigenvalue weighted by Crippen LogP contribution is -1.96. The molecule has 1 heterocycles. The van der Waals surface area contributed by atoms with E-state index in [2.05, 4.69) is 9.97 Å². The second kappa shape index (κ2) is 5.44. The van der Waals surface area contributed by atoms with Crippen LogP contribution in [0.2, 0.25) is 0 Å². The Balaban J connectivity index is 2.40. The zero-order valence-corrected chi connectivity index (χ0v) is 11.1. The Morgan fingerprint density at radius 1 is 1.05 bits per heavy atom. The van der Waals surface area contributed by atoms with Crippen LogP contribution in [-0.2, 0) is 0 Å². The van der Waals surface area contributed by atoms with E-state index in [0.29, 0.717) is 6.29 Å². The summed E-state index contributed by atoms with van der Waals surface area (Å²) in [5.74, 6) is -1.59. The van der Waals surface area contributed by atoms with Gasteiger partial charge >= 0.3 is 0 Å². The van der Waals surface area contributed by atoms with E-state index in [1.807, 2.05) is 0 Å². The molecule has 2 aromatic rings. The van der Waals surface area contributed by atoms with Crippen molar-refractivity contribution < 1.29 is 13.6 Å². The van der Waals surface area contributed by atoms with Crippen molar-refractivity contribution >= 4 is 18.0 Å². The number of hydrogen-bond acceptors (Lipinski definition) is 4. The molecule has 6 heteroatoms. The summed E-state index contributed by atoms with van der Waals surface area (Å²) in [6, 6.07) is 3.74. The summed E-state index contributed by atoms with van der Waals surface area (Å²) in [5.41, 5.74) is 1.40. The molecule has 0 spiro atoms. The average Bonchev–Trinajstić information content (AvgIpc) is 2.32. The molecule has 2 rings (SSSR count). The fraction of sp³-hybridized carbons (Fsp3) is 0.154. The van der Waals surface area contributed by atoms with Gasteiger partial charge in [-0.3, -0.25) is 4.79 Å². The number of carbonyl (C=O) groups excluding carboxylic acids is 1. The lowest BCUT2D eigenvalue weighted by atomic mass is 10.2. The van der Waals surface area contributed by atoms with Gasteiger partial charge in [0.25, 0.3) is 0 Å². The highest BCUT2D eigenvalue weighted by molar-refractivity contribution is 7.99. The number of hydrogen-bond donors (Lipinski definition) is 0. The monoisotopic (exact) mass is 280 g/mol. The molecule has 0 atom stereocenters. The summed E-state index contributed by atoms with van der Waals surface area (Å²) in [4.78, 5) is 18.5. The van der Waals surface area contributed by atoms with Gasteiger partial charge in [-0.2, -0.15) is 0 Å². The fourth-order valence-electron chi connectivity index (χ4n) is 1.58. The molecule has 1 aromatic heterocycles. The summed E-state index contributed by atoms with van der Waals surface area (Å²) in [5, 5.41) is 0.272. The largest absolute Gasteiger partial charge is 0.298 e. The van der Waals surface area contributed by atoms with Crippen LogP contribution in [-0.4, -0.2) is 16.3 Å². The van der Waals surface area contributed by atoms with Crippen molar-refractivity contribution in [3.8, 4) is 0 Å². The number of nitrogens with zero attached hydrogens (tertiary/aromatic N) is 2.